The van der Waals surface area contributed by atoms with Gasteiger partial charge in [-0.2, -0.15) is 22.0 Å². The van der Waals surface area contributed by atoms with Gasteiger partial charge in [-0.1, -0.05) is 11.6 Å². The molecule has 0 aliphatic carbocycles. The van der Waals surface area contributed by atoms with Crippen LogP contribution in [0.1, 0.15) is 17.5 Å². The van der Waals surface area contributed by atoms with Crippen molar-refractivity contribution in [2.75, 3.05) is 18.1 Å². The lowest BCUT2D eigenvalue weighted by molar-refractivity contribution is -0.138. The molecule has 0 bridgehead atoms. The average Bonchev–Trinajstić information content (AvgIpc) is 2.98. The number of aromatic nitrogens is 2. The number of anilines is 1. The van der Waals surface area contributed by atoms with Crippen LogP contribution >= 0.6 is 11.6 Å². The minimum atomic E-state index is -4.86. The minimum Gasteiger partial charge on any atom is -0.490 e. The molecule has 0 radical (unpaired) electrons. The van der Waals surface area contributed by atoms with Crippen molar-refractivity contribution in [2.45, 2.75) is 24.7 Å². The number of carbonyl (C=O) groups excluding carboxylic acids is 1. The highest BCUT2D eigenvalue weighted by Crippen LogP contribution is 2.50. The molecule has 160 valence electrons. The van der Waals surface area contributed by atoms with Gasteiger partial charge in [0, 0.05) is 24.4 Å². The predicted molar refractivity (Wildman–Crippen MR) is 90.7 cm³/mol. The third-order valence-electron chi connectivity index (χ3n) is 4.76. The molecule has 1 spiro atoms. The smallest absolute Gasteiger partial charge is 0.418 e. The van der Waals surface area contributed by atoms with Gasteiger partial charge in [-0.3, -0.25) is 0 Å². The molecule has 4 rings (SSSR count). The maximum absolute atomic E-state index is 13.1. The van der Waals surface area contributed by atoms with Gasteiger partial charge in [0.25, 0.3) is 0 Å². The molecule has 2 aromatic heterocycles. The summed E-state index contributed by atoms with van der Waals surface area (Å²) in [6.07, 6.45) is -3.97. The fourth-order valence-electron chi connectivity index (χ4n) is 3.48. The molecule has 1 fully saturated rings. The first-order chi connectivity index (χ1) is 14.1. The van der Waals surface area contributed by atoms with Crippen LogP contribution < -0.4 is 14.4 Å². The summed E-state index contributed by atoms with van der Waals surface area (Å²) in [5, 5.41) is -0.00435. The van der Waals surface area contributed by atoms with Gasteiger partial charge >= 0.3 is 18.9 Å². The van der Waals surface area contributed by atoms with Gasteiger partial charge in [-0.25, -0.2) is 19.7 Å². The lowest BCUT2D eigenvalue weighted by atomic mass is 9.85. The number of fused-ring (bicyclic) bond motifs is 2. The molecule has 2 aliphatic rings. The molecular weight excluding hydrogens is 441 g/mol. The first-order valence-electron chi connectivity index (χ1n) is 8.40. The van der Waals surface area contributed by atoms with Gasteiger partial charge in [0.15, 0.2) is 22.5 Å². The maximum atomic E-state index is 13.1. The van der Waals surface area contributed by atoms with Crippen molar-refractivity contribution >= 4 is 23.5 Å². The molecule has 2 aliphatic heterocycles. The number of rotatable bonds is 3. The Bertz CT molecular complexity index is 1010. The summed E-state index contributed by atoms with van der Waals surface area (Å²) in [4.78, 5) is 21.0. The number of alkyl halides is 5. The van der Waals surface area contributed by atoms with Gasteiger partial charge in [-0.15, -0.1) is 0 Å². The van der Waals surface area contributed by atoms with E-state index in [0.717, 1.165) is 4.90 Å². The van der Waals surface area contributed by atoms with Crippen molar-refractivity contribution in [1.82, 2.24) is 9.97 Å². The van der Waals surface area contributed by atoms with Crippen molar-refractivity contribution < 1.29 is 41.0 Å². The van der Waals surface area contributed by atoms with Crippen molar-refractivity contribution in [2.24, 2.45) is 0 Å². The van der Waals surface area contributed by atoms with Crippen molar-refractivity contribution in [3.8, 4) is 11.5 Å². The number of hydrogen-bond acceptors (Lipinski definition) is 6. The number of pyridine rings is 2. The lowest BCUT2D eigenvalue weighted by Gasteiger charge is -2.39. The number of cyclic esters (lactones) is 1. The Balaban J connectivity index is 1.89. The Labute approximate surface area is 170 Å². The molecule has 0 aromatic carbocycles. The zero-order valence-electron chi connectivity index (χ0n) is 14.8. The summed E-state index contributed by atoms with van der Waals surface area (Å²) in [6.45, 7) is -3.64. The Morgan fingerprint density at radius 3 is 2.73 bits per heavy atom. The lowest BCUT2D eigenvalue weighted by Crippen LogP contribution is -2.48. The van der Waals surface area contributed by atoms with Crippen LogP contribution in [0.25, 0.3) is 0 Å². The zero-order valence-corrected chi connectivity index (χ0v) is 15.5. The maximum Gasteiger partial charge on any atom is 0.418 e. The van der Waals surface area contributed by atoms with Crippen LogP contribution in [0.2, 0.25) is 5.15 Å². The fourth-order valence-corrected chi connectivity index (χ4v) is 3.70. The van der Waals surface area contributed by atoms with Crippen molar-refractivity contribution in [1.29, 1.82) is 0 Å². The van der Waals surface area contributed by atoms with E-state index in [-0.39, 0.29) is 30.5 Å². The van der Waals surface area contributed by atoms with Crippen LogP contribution in [0.5, 0.6) is 11.5 Å². The quantitative estimate of drug-likeness (QED) is 0.509. The van der Waals surface area contributed by atoms with Crippen LogP contribution in [0.15, 0.2) is 24.5 Å². The molecule has 2 aromatic rings. The number of nitrogens with zero attached hydrogens (tertiary/aromatic N) is 3. The second kappa shape index (κ2) is 7.11. The average molecular weight is 452 g/mol. The highest BCUT2D eigenvalue weighted by atomic mass is 35.5. The monoisotopic (exact) mass is 451 g/mol. The fraction of sp³-hybridized carbons (Fsp3) is 0.353. The van der Waals surface area contributed by atoms with E-state index in [9.17, 15) is 26.7 Å². The molecule has 1 atom stereocenters. The molecule has 30 heavy (non-hydrogen) atoms. The first kappa shape index (κ1) is 20.4. The van der Waals surface area contributed by atoms with Gasteiger partial charge in [0.05, 0.1) is 12.2 Å². The van der Waals surface area contributed by atoms with E-state index in [1.165, 1.54) is 12.3 Å². The van der Waals surface area contributed by atoms with E-state index in [4.69, 9.17) is 21.1 Å². The van der Waals surface area contributed by atoms with E-state index >= 15 is 0 Å². The Morgan fingerprint density at radius 1 is 1.27 bits per heavy atom. The molecule has 0 unspecified atom stereocenters. The number of amides is 1. The molecule has 13 heteroatoms. The van der Waals surface area contributed by atoms with E-state index in [1.54, 1.807) is 0 Å². The van der Waals surface area contributed by atoms with Crippen LogP contribution in [0.4, 0.5) is 32.6 Å². The summed E-state index contributed by atoms with van der Waals surface area (Å²) in [6, 6.07) is 1.85. The molecule has 7 nitrogen and oxygen atoms in total. The highest BCUT2D eigenvalue weighted by Gasteiger charge is 2.54. The van der Waals surface area contributed by atoms with Crippen LogP contribution in [0, 0.1) is 0 Å². The van der Waals surface area contributed by atoms with Gasteiger partial charge in [0.1, 0.15) is 12.1 Å². The second-order valence-electron chi connectivity index (χ2n) is 6.42. The second-order valence-corrected chi connectivity index (χ2v) is 6.78. The summed E-state index contributed by atoms with van der Waals surface area (Å²) in [5.74, 6) is -1.32. The van der Waals surface area contributed by atoms with Crippen molar-refractivity contribution in [3.05, 3.63) is 40.8 Å². The zero-order chi connectivity index (χ0) is 21.7. The number of hydrogen-bond donors (Lipinski definition) is 0. The van der Waals surface area contributed by atoms with E-state index in [2.05, 4.69) is 14.7 Å². The molecule has 0 N–H and O–H groups in total. The number of halogens is 6. The summed E-state index contributed by atoms with van der Waals surface area (Å²) in [7, 11) is 0. The normalized spacial score (nSPS) is 20.9. The Kier molecular flexibility index (Phi) is 4.83. The van der Waals surface area contributed by atoms with E-state index < -0.39 is 41.6 Å². The molecular formula is C17H11ClF5N3O4. The van der Waals surface area contributed by atoms with Crippen LogP contribution in [-0.2, 0) is 16.5 Å². The highest BCUT2D eigenvalue weighted by molar-refractivity contribution is 6.31. The van der Waals surface area contributed by atoms with Crippen molar-refractivity contribution in [3.63, 3.8) is 0 Å². The predicted octanol–water partition coefficient (Wildman–Crippen LogP) is 4.38. The summed E-state index contributed by atoms with van der Waals surface area (Å²) >= 11 is 6.06. The third-order valence-corrected chi connectivity index (χ3v) is 5.03. The SMILES string of the molecule is O=C1OC[C@@]2(CCOc3c2ccnc3Cl)N1c1ncc(C(F)(F)F)cc1OC(F)F. The minimum absolute atomic E-state index is 0.00435. The van der Waals surface area contributed by atoms with Gasteiger partial charge in [0.2, 0.25) is 0 Å². The van der Waals surface area contributed by atoms with Gasteiger partial charge in [-0.05, 0) is 12.1 Å². The number of ether oxygens (including phenoxy) is 3. The molecule has 1 amide bonds. The molecule has 0 saturated carbocycles. The van der Waals surface area contributed by atoms with Crippen LogP contribution in [0.3, 0.4) is 0 Å². The largest absolute Gasteiger partial charge is 0.490 e. The molecule has 4 heterocycles. The third kappa shape index (κ3) is 3.24. The summed E-state index contributed by atoms with van der Waals surface area (Å²) in [5.41, 5.74) is -2.28. The Hall–Kier alpha value is -2.89. The Morgan fingerprint density at radius 2 is 2.03 bits per heavy atom. The molecule has 1 saturated heterocycles. The van der Waals surface area contributed by atoms with Crippen LogP contribution in [-0.4, -0.2) is 35.9 Å². The summed E-state index contributed by atoms with van der Waals surface area (Å²) < 4.78 is 79.9. The van der Waals surface area contributed by atoms with Gasteiger partial charge < -0.3 is 14.2 Å². The number of carbonyl (C=O) groups is 1. The topological polar surface area (TPSA) is 73.8 Å². The van der Waals surface area contributed by atoms with E-state index in [1.807, 2.05) is 0 Å². The standard InChI is InChI=1S/C17H11ClF5N3O4/c18-12-11-9(1-3-24-12)16(2-4-28-11)7-29-15(27)26(16)13-10(30-14(19)20)5-8(6-25-13)17(21,22)23/h1,3,5-6,14H,2,4,7H2/t16-/m1/s1. The van der Waals surface area contributed by atoms with E-state index in [0.29, 0.717) is 17.8 Å². The first-order valence-corrected chi connectivity index (χ1v) is 8.78.